The molecule has 0 saturated carbocycles. The fourth-order valence-electron chi connectivity index (χ4n) is 8.95. The number of rotatable bonds is 27. The van der Waals surface area contributed by atoms with E-state index in [-0.39, 0.29) is 19.3 Å². The van der Waals surface area contributed by atoms with E-state index in [2.05, 4.69) is 18.0 Å². The Kier molecular flexibility index (Phi) is 21.9. The first-order valence-corrected chi connectivity index (χ1v) is 24.7. The van der Waals surface area contributed by atoms with Crippen LogP contribution in [0.1, 0.15) is 104 Å². The van der Waals surface area contributed by atoms with Crippen LogP contribution < -0.4 is 17.0 Å². The summed E-state index contributed by atoms with van der Waals surface area (Å²) in [5.74, 6) is -5.64. The molecule has 27 heteroatoms. The lowest BCUT2D eigenvalue weighted by Gasteiger charge is -2.38. The average molecular weight is 1020 g/mol. The molecule has 3 aliphatic heterocycles. The molecule has 0 unspecified atom stereocenters. The zero-order valence-electron chi connectivity index (χ0n) is 39.8. The molecule has 14 atom stereocenters. The number of aliphatic hydroxyl groups excluding tert-OH is 3. The van der Waals surface area contributed by atoms with Crippen molar-refractivity contribution in [2.45, 2.75) is 177 Å². The Morgan fingerprint density at radius 2 is 1.50 bits per heavy atom. The molecule has 1 aromatic rings. The van der Waals surface area contributed by atoms with E-state index in [1.807, 2.05) is 4.98 Å². The number of carbonyl (C=O) groups excluding carboxylic acids is 3. The monoisotopic (exact) mass is 1020 g/mol. The highest BCUT2D eigenvalue weighted by Gasteiger charge is 2.58. The second-order valence-corrected chi connectivity index (χ2v) is 19.7. The van der Waals surface area contributed by atoms with Gasteiger partial charge in [0.15, 0.2) is 24.7 Å². The van der Waals surface area contributed by atoms with Crippen molar-refractivity contribution in [3.63, 3.8) is 0 Å². The van der Waals surface area contributed by atoms with Crippen molar-refractivity contribution in [3.8, 4) is 0 Å². The molecule has 3 aliphatic rings. The van der Waals surface area contributed by atoms with E-state index < -0.39 is 156 Å². The topological polar surface area (TPSA) is 384 Å². The maximum Gasteiger partial charge on any atom is 0.397 e. The normalized spacial score (nSPS) is 28.9. The summed E-state index contributed by atoms with van der Waals surface area (Å²) < 4.78 is 68.0. The molecule has 3 saturated heterocycles. The molecular formula is C43H69N5O21S. The summed E-state index contributed by atoms with van der Waals surface area (Å²) in [6.07, 6.45) is -12.5. The van der Waals surface area contributed by atoms with Crippen molar-refractivity contribution in [2.75, 3.05) is 27.2 Å². The summed E-state index contributed by atoms with van der Waals surface area (Å²) in [5.41, 5.74) is 3.79. The van der Waals surface area contributed by atoms with Crippen molar-refractivity contribution < 1.29 is 90.3 Å². The Morgan fingerprint density at radius 3 is 2.07 bits per heavy atom. The van der Waals surface area contributed by atoms with Crippen molar-refractivity contribution in [3.05, 3.63) is 33.1 Å². The Balaban J connectivity index is 1.64. The van der Waals surface area contributed by atoms with Gasteiger partial charge in [0.25, 0.3) is 5.56 Å². The van der Waals surface area contributed by atoms with E-state index in [1.54, 1.807) is 6.92 Å². The number of nitrogens with zero attached hydrogens (tertiary/aromatic N) is 3. The lowest BCUT2D eigenvalue weighted by Crippen LogP contribution is -2.60. The van der Waals surface area contributed by atoms with E-state index in [0.29, 0.717) is 21.8 Å². The summed E-state index contributed by atoms with van der Waals surface area (Å²) in [4.78, 5) is 94.2. The smallest absolute Gasteiger partial charge is 0.397 e. The van der Waals surface area contributed by atoms with Crippen molar-refractivity contribution in [1.82, 2.24) is 19.4 Å². The molecule has 0 aromatic carbocycles. The highest BCUT2D eigenvalue weighted by atomic mass is 32.3. The first kappa shape index (κ1) is 58.2. The first-order valence-electron chi connectivity index (χ1n) is 23.3. The minimum atomic E-state index is -5.37. The van der Waals surface area contributed by atoms with Crippen LogP contribution in [0.25, 0.3) is 0 Å². The van der Waals surface area contributed by atoms with E-state index >= 15 is 0 Å². The maximum atomic E-state index is 14.7. The van der Waals surface area contributed by atoms with E-state index in [1.165, 1.54) is 7.05 Å². The Bertz CT molecular complexity index is 2160. The fourth-order valence-corrected chi connectivity index (χ4v) is 9.44. The lowest BCUT2D eigenvalue weighted by atomic mass is 9.97. The fraction of sp³-hybridized carbons (Fsp3) is 0.791. The second-order valence-electron chi connectivity index (χ2n) is 18.7. The number of carbonyl (C=O) groups is 5. The number of ether oxygens (including phenoxy) is 5. The van der Waals surface area contributed by atoms with Crippen LogP contribution in [-0.2, 0) is 62.2 Å². The van der Waals surface area contributed by atoms with Gasteiger partial charge in [-0.05, 0) is 31.7 Å². The number of likely N-dealkylation sites (N-methyl/N-ethyl adjacent to an activating group) is 2. The molecule has 0 aliphatic carbocycles. The number of aromatic amines is 1. The number of aromatic nitrogens is 2. The van der Waals surface area contributed by atoms with Gasteiger partial charge in [-0.2, -0.15) is 8.42 Å². The number of carboxylic acids is 2. The molecule has 9 N–H and O–H groups in total. The number of unbranched alkanes of at least 4 members (excludes halogenated alkanes) is 6. The van der Waals surface area contributed by atoms with Crippen LogP contribution in [0.2, 0.25) is 0 Å². The van der Waals surface area contributed by atoms with Crippen LogP contribution in [0.15, 0.2) is 21.9 Å². The molecule has 3 fully saturated rings. The number of hydrogen-bond donors (Lipinski definition) is 8. The van der Waals surface area contributed by atoms with Gasteiger partial charge in [0.1, 0.15) is 54.9 Å². The molecule has 0 radical (unpaired) electrons. The largest absolute Gasteiger partial charge is 0.481 e. The summed E-state index contributed by atoms with van der Waals surface area (Å²) in [7, 11) is -3.06. The van der Waals surface area contributed by atoms with Gasteiger partial charge in [0.05, 0.1) is 6.42 Å². The molecule has 1 aromatic heterocycles. The Morgan fingerprint density at radius 1 is 0.871 bits per heavy atom. The van der Waals surface area contributed by atoms with Gasteiger partial charge in [-0.3, -0.25) is 43.0 Å². The van der Waals surface area contributed by atoms with Gasteiger partial charge in [0.2, 0.25) is 5.91 Å². The molecule has 398 valence electrons. The standard InChI is InChI=1S/C43H69N5O21S/c1-22(2)13-11-9-7-6-8-10-12-14-24(64-29(52)18-23(3)17-28(50)51)19-30(53)65-26-21-46(4)32(39(57)47(5)31(26)41(58)59)36(68-42-38(69-70(61,62)63)33(54)25(20-44)66-42)37-34(55)35(56)40(67-37)48-16-15-27(49)45-43(48)60/h15-16,22-26,31-38,40,42,54-56H,6-14,17-21,44H2,1-5H3,(H,50,51)(H,58,59)(H,45,49,60)(H,61,62,63)/t23-,24+,25-,26+,31+,32+,33-,34+,35-,36+,37+,38-,40-,42+/m1/s1. The molecule has 70 heavy (non-hydrogen) atoms. The molecular weight excluding hydrogens is 955 g/mol. The van der Waals surface area contributed by atoms with E-state index in [9.17, 15) is 72.1 Å². The third-order valence-electron chi connectivity index (χ3n) is 12.5. The van der Waals surface area contributed by atoms with E-state index in [0.717, 1.165) is 69.2 Å². The van der Waals surface area contributed by atoms with Gasteiger partial charge in [-0.1, -0.05) is 65.7 Å². The van der Waals surface area contributed by atoms with Crippen LogP contribution >= 0.6 is 0 Å². The molecule has 0 spiro atoms. The van der Waals surface area contributed by atoms with Crippen LogP contribution in [0, 0.1) is 11.8 Å². The number of aliphatic hydroxyl groups is 3. The molecule has 26 nitrogen and oxygen atoms in total. The van der Waals surface area contributed by atoms with Crippen LogP contribution in [0.4, 0.5) is 0 Å². The quantitative estimate of drug-likeness (QED) is 0.0294. The molecule has 4 heterocycles. The van der Waals surface area contributed by atoms with Crippen molar-refractivity contribution >= 4 is 40.2 Å². The number of nitrogens with two attached hydrogens (primary N) is 1. The molecule has 0 bridgehead atoms. The zero-order valence-corrected chi connectivity index (χ0v) is 40.7. The van der Waals surface area contributed by atoms with Gasteiger partial charge in [-0.25, -0.2) is 13.8 Å². The minimum Gasteiger partial charge on any atom is -0.481 e. The van der Waals surface area contributed by atoms with Gasteiger partial charge < -0.3 is 59.9 Å². The predicted molar refractivity (Wildman–Crippen MR) is 240 cm³/mol. The number of amides is 1. The Labute approximate surface area is 404 Å². The number of nitrogens with one attached hydrogen (secondary N) is 1. The summed E-state index contributed by atoms with van der Waals surface area (Å²) in [6, 6.07) is -2.88. The van der Waals surface area contributed by atoms with Gasteiger partial charge >= 0.3 is 40.0 Å². The lowest BCUT2D eigenvalue weighted by molar-refractivity contribution is -0.230. The number of hydrogen-bond acceptors (Lipinski definition) is 20. The molecule has 1 amide bonds. The maximum absolute atomic E-state index is 14.7. The summed E-state index contributed by atoms with van der Waals surface area (Å²) >= 11 is 0. The molecule has 4 rings (SSSR count). The highest BCUT2D eigenvalue weighted by Crippen LogP contribution is 2.37. The summed E-state index contributed by atoms with van der Waals surface area (Å²) in [6.45, 7) is 4.82. The van der Waals surface area contributed by atoms with E-state index in [4.69, 9.17) is 29.4 Å². The minimum absolute atomic E-state index is 0.209. The SMILES string of the molecule is CC(C)CCCCCCCCC[C@@H](CC(=O)O[C@H]1CN(C)[C@@H]([C@H](O[C@@H]2O[C@H](CN)[C@@H](O)[C@H]2OS(=O)(=O)O)[C@H]2O[C@@H](n3ccc(=O)[nH]c3=O)[C@H](O)[C@@H]2O)C(=O)N(C)[C@@H]1C(=O)O)OC(=O)C[C@H](C)CC(=O)O. The third-order valence-corrected chi connectivity index (χ3v) is 12.9. The van der Waals surface area contributed by atoms with Gasteiger partial charge in [0, 0.05) is 45.2 Å². The average Bonchev–Trinajstić information content (AvgIpc) is 3.66. The highest BCUT2D eigenvalue weighted by molar-refractivity contribution is 7.80. The van der Waals surface area contributed by atoms with Crippen molar-refractivity contribution in [2.24, 2.45) is 17.6 Å². The predicted octanol–water partition coefficient (Wildman–Crippen LogP) is -1.12. The first-order chi connectivity index (χ1) is 32.8. The van der Waals surface area contributed by atoms with Crippen LogP contribution in [-0.4, -0.2) is 188 Å². The third kappa shape index (κ3) is 16.3. The number of carboxylic acid groups (broad SMARTS) is 2. The second kappa shape index (κ2) is 26.3. The van der Waals surface area contributed by atoms with Crippen LogP contribution in [0.5, 0.6) is 0 Å². The number of aliphatic carboxylic acids is 2. The van der Waals surface area contributed by atoms with Crippen molar-refractivity contribution in [1.29, 1.82) is 0 Å². The zero-order chi connectivity index (χ0) is 52.2. The van der Waals surface area contributed by atoms with Gasteiger partial charge in [-0.15, -0.1) is 0 Å². The van der Waals surface area contributed by atoms with Crippen LogP contribution in [0.3, 0.4) is 0 Å². The summed E-state index contributed by atoms with van der Waals surface area (Å²) in [5, 5.41) is 53.4. The number of H-pyrrole nitrogens is 1. The number of esters is 2. The Hall–Kier alpha value is -4.42.